The van der Waals surface area contributed by atoms with E-state index in [0.717, 1.165) is 48.5 Å². The molecule has 0 unspecified atom stereocenters. The van der Waals surface area contributed by atoms with E-state index in [1.165, 1.54) is 12.1 Å². The first-order valence-electron chi connectivity index (χ1n) is 11.8. The predicted molar refractivity (Wildman–Crippen MR) is 131 cm³/mol. The third-order valence-electron chi connectivity index (χ3n) is 6.67. The van der Waals surface area contributed by atoms with Crippen LogP contribution in [0.15, 0.2) is 86.9 Å². The van der Waals surface area contributed by atoms with E-state index in [9.17, 15) is 9.18 Å². The number of hydrogen-bond donors (Lipinski definition) is 0. The zero-order valence-corrected chi connectivity index (χ0v) is 19.1. The van der Waals surface area contributed by atoms with Crippen LogP contribution in [-0.2, 0) is 4.79 Å². The average Bonchev–Trinajstić information content (AvgIpc) is 3.64. The van der Waals surface area contributed by atoms with Gasteiger partial charge in [0.1, 0.15) is 28.9 Å². The maximum Gasteiger partial charge on any atom is 0.257 e. The van der Waals surface area contributed by atoms with Gasteiger partial charge in [0.2, 0.25) is 0 Å². The molecular formula is C27H25FN4O3. The Morgan fingerprint density at radius 3 is 2.54 bits per heavy atom. The first kappa shape index (κ1) is 21.6. The number of carbonyl (C=O) groups is 1. The third kappa shape index (κ3) is 4.33. The summed E-state index contributed by atoms with van der Waals surface area (Å²) in [5.41, 5.74) is 2.52. The number of carbonyl (C=O) groups excluding carboxylic acids is 1. The lowest BCUT2D eigenvalue weighted by Crippen LogP contribution is -2.49. The fourth-order valence-corrected chi connectivity index (χ4v) is 4.80. The van der Waals surface area contributed by atoms with Gasteiger partial charge in [-0.05, 0) is 48.5 Å². The minimum absolute atomic E-state index is 0.0762. The van der Waals surface area contributed by atoms with Crippen LogP contribution in [0.3, 0.4) is 0 Å². The molecule has 4 aromatic rings. The monoisotopic (exact) mass is 472 g/mol. The standard InChI is InChI=1S/C27H25FN4O3/c28-20-7-9-21(10-8-20)31-13-11-30(12-14-31)18-27(33)32-23(25-6-3-15-34-25)17-22(29-32)26-16-19-4-1-2-5-24(19)35-26/h1-10,15-16,23H,11-14,17-18H2/t23-/m1/s1. The number of fused-ring (bicyclic) bond motifs is 1. The summed E-state index contributed by atoms with van der Waals surface area (Å²) in [5, 5.41) is 7.25. The Hall–Kier alpha value is -3.91. The topological polar surface area (TPSA) is 65.4 Å². The number of furan rings is 2. The fourth-order valence-electron chi connectivity index (χ4n) is 4.80. The van der Waals surface area contributed by atoms with E-state index in [0.29, 0.717) is 17.9 Å². The van der Waals surface area contributed by atoms with E-state index in [4.69, 9.17) is 13.9 Å². The molecule has 2 aliphatic rings. The highest BCUT2D eigenvalue weighted by Gasteiger charge is 2.36. The molecule has 35 heavy (non-hydrogen) atoms. The van der Waals surface area contributed by atoms with Crippen molar-refractivity contribution in [2.24, 2.45) is 5.10 Å². The lowest BCUT2D eigenvalue weighted by atomic mass is 10.1. The predicted octanol–water partition coefficient (Wildman–Crippen LogP) is 4.66. The van der Waals surface area contributed by atoms with Crippen molar-refractivity contribution in [2.75, 3.05) is 37.6 Å². The molecule has 2 aliphatic heterocycles. The summed E-state index contributed by atoms with van der Waals surface area (Å²) in [6.45, 7) is 3.29. The SMILES string of the molecule is O=C(CN1CCN(c2ccc(F)cc2)CC1)N1N=C(c2cc3ccccc3o2)C[C@@H]1c1ccco1. The van der Waals surface area contributed by atoms with Gasteiger partial charge in [-0.3, -0.25) is 9.69 Å². The van der Waals surface area contributed by atoms with Crippen molar-refractivity contribution in [1.82, 2.24) is 9.91 Å². The molecule has 0 radical (unpaired) electrons. The zero-order chi connectivity index (χ0) is 23.8. The second-order valence-corrected chi connectivity index (χ2v) is 8.91. The summed E-state index contributed by atoms with van der Waals surface area (Å²) in [7, 11) is 0. The lowest BCUT2D eigenvalue weighted by molar-refractivity contribution is -0.134. The highest BCUT2D eigenvalue weighted by atomic mass is 19.1. The first-order chi connectivity index (χ1) is 17.1. The van der Waals surface area contributed by atoms with Crippen LogP contribution in [0.2, 0.25) is 0 Å². The second kappa shape index (κ2) is 9.03. The van der Waals surface area contributed by atoms with Gasteiger partial charge in [-0.1, -0.05) is 18.2 Å². The molecule has 2 aromatic heterocycles. The smallest absolute Gasteiger partial charge is 0.257 e. The van der Waals surface area contributed by atoms with E-state index in [1.807, 2.05) is 42.5 Å². The van der Waals surface area contributed by atoms with Gasteiger partial charge in [-0.15, -0.1) is 0 Å². The molecule has 1 amide bonds. The van der Waals surface area contributed by atoms with Crippen LogP contribution in [-0.4, -0.2) is 54.3 Å². The Kier molecular flexibility index (Phi) is 5.58. The Morgan fingerprint density at radius 2 is 1.80 bits per heavy atom. The van der Waals surface area contributed by atoms with E-state index >= 15 is 0 Å². The molecule has 8 heteroatoms. The summed E-state index contributed by atoms with van der Waals surface area (Å²) in [5.74, 6) is 1.06. The van der Waals surface area contributed by atoms with Crippen molar-refractivity contribution in [3.63, 3.8) is 0 Å². The van der Waals surface area contributed by atoms with Crippen molar-refractivity contribution in [1.29, 1.82) is 0 Å². The number of amides is 1. The summed E-state index contributed by atoms with van der Waals surface area (Å²) >= 11 is 0. The van der Waals surface area contributed by atoms with Crippen LogP contribution >= 0.6 is 0 Å². The van der Waals surface area contributed by atoms with E-state index in [1.54, 1.807) is 23.4 Å². The molecule has 0 saturated carbocycles. The lowest BCUT2D eigenvalue weighted by Gasteiger charge is -2.36. The van der Waals surface area contributed by atoms with Crippen LogP contribution in [0.4, 0.5) is 10.1 Å². The van der Waals surface area contributed by atoms with E-state index < -0.39 is 0 Å². The molecule has 1 atom stereocenters. The van der Waals surface area contributed by atoms with Crippen molar-refractivity contribution in [2.45, 2.75) is 12.5 Å². The molecule has 0 N–H and O–H groups in total. The van der Waals surface area contributed by atoms with Gasteiger partial charge in [-0.25, -0.2) is 9.40 Å². The number of para-hydroxylation sites is 1. The average molecular weight is 473 g/mol. The summed E-state index contributed by atoms with van der Waals surface area (Å²) in [6, 6.07) is 19.7. The molecule has 6 rings (SSSR count). The van der Waals surface area contributed by atoms with Gasteiger partial charge < -0.3 is 13.7 Å². The van der Waals surface area contributed by atoms with Gasteiger partial charge in [0.05, 0.1) is 12.8 Å². The molecule has 178 valence electrons. The minimum atomic E-state index is -0.304. The van der Waals surface area contributed by atoms with E-state index in [2.05, 4.69) is 9.80 Å². The number of halogens is 1. The largest absolute Gasteiger partial charge is 0.467 e. The van der Waals surface area contributed by atoms with Crippen molar-refractivity contribution in [3.05, 3.63) is 90.3 Å². The molecule has 1 saturated heterocycles. The fraction of sp³-hybridized carbons (Fsp3) is 0.259. The number of hydrogen-bond acceptors (Lipinski definition) is 6. The van der Waals surface area contributed by atoms with Gasteiger partial charge in [-0.2, -0.15) is 5.10 Å². The van der Waals surface area contributed by atoms with Gasteiger partial charge >= 0.3 is 0 Å². The van der Waals surface area contributed by atoms with Crippen molar-refractivity contribution < 1.29 is 18.0 Å². The number of nitrogens with zero attached hydrogens (tertiary/aromatic N) is 4. The maximum absolute atomic E-state index is 13.4. The molecule has 0 bridgehead atoms. The number of rotatable bonds is 5. The Balaban J connectivity index is 1.17. The number of hydrazone groups is 1. The number of benzene rings is 2. The summed E-state index contributed by atoms with van der Waals surface area (Å²) in [6.07, 6.45) is 2.14. The van der Waals surface area contributed by atoms with Crippen LogP contribution in [0.25, 0.3) is 11.0 Å². The minimum Gasteiger partial charge on any atom is -0.467 e. The molecule has 7 nitrogen and oxygen atoms in total. The Labute approximate surface area is 202 Å². The van der Waals surface area contributed by atoms with Crippen molar-refractivity contribution >= 4 is 28.3 Å². The highest BCUT2D eigenvalue weighted by Crippen LogP contribution is 2.34. The van der Waals surface area contributed by atoms with Gasteiger partial charge in [0.15, 0.2) is 5.76 Å². The van der Waals surface area contributed by atoms with Crippen LogP contribution in [0.1, 0.15) is 24.0 Å². The van der Waals surface area contributed by atoms with Crippen LogP contribution in [0, 0.1) is 5.82 Å². The zero-order valence-electron chi connectivity index (χ0n) is 19.1. The van der Waals surface area contributed by atoms with Gasteiger partial charge in [0.25, 0.3) is 5.91 Å². The molecule has 0 aliphatic carbocycles. The second-order valence-electron chi connectivity index (χ2n) is 8.91. The summed E-state index contributed by atoms with van der Waals surface area (Å²) in [4.78, 5) is 17.8. The first-order valence-corrected chi connectivity index (χ1v) is 11.8. The third-order valence-corrected chi connectivity index (χ3v) is 6.67. The van der Waals surface area contributed by atoms with Crippen LogP contribution in [0.5, 0.6) is 0 Å². The normalized spacial score (nSPS) is 18.9. The molecule has 2 aromatic carbocycles. The number of piperazine rings is 1. The quantitative estimate of drug-likeness (QED) is 0.423. The van der Waals surface area contributed by atoms with Crippen LogP contribution < -0.4 is 4.90 Å². The molecule has 4 heterocycles. The summed E-state index contributed by atoms with van der Waals surface area (Å²) < 4.78 is 24.9. The molecular weight excluding hydrogens is 447 g/mol. The Bertz CT molecular complexity index is 1320. The highest BCUT2D eigenvalue weighted by molar-refractivity contribution is 6.03. The molecule has 1 fully saturated rings. The maximum atomic E-state index is 13.4. The van der Waals surface area contributed by atoms with E-state index in [-0.39, 0.29) is 24.3 Å². The van der Waals surface area contributed by atoms with Gasteiger partial charge in [0, 0.05) is 43.7 Å². The Morgan fingerprint density at radius 1 is 1.00 bits per heavy atom. The van der Waals surface area contributed by atoms with Crippen molar-refractivity contribution in [3.8, 4) is 0 Å². The molecule has 0 spiro atoms. The number of anilines is 1.